The van der Waals surface area contributed by atoms with Crippen molar-refractivity contribution in [3.05, 3.63) is 48.2 Å². The Bertz CT molecular complexity index is 347. The topological polar surface area (TPSA) is 12.0 Å². The zero-order chi connectivity index (χ0) is 14.3. The molecule has 1 nitrogen and oxygen atoms in total. The molecule has 0 aromatic carbocycles. The van der Waals surface area contributed by atoms with Crippen LogP contribution in [0.1, 0.15) is 47.5 Å². The Kier molecular flexibility index (Phi) is 7.42. The van der Waals surface area contributed by atoms with Crippen molar-refractivity contribution in [2.75, 3.05) is 0 Å². The third-order valence-corrected chi connectivity index (χ3v) is 3.22. The Hall–Kier alpha value is -1.24. The average molecular weight is 247 g/mol. The van der Waals surface area contributed by atoms with E-state index < -0.39 is 0 Å². The highest BCUT2D eigenvalue weighted by molar-refractivity contribution is 5.15. The highest BCUT2D eigenvalue weighted by Crippen LogP contribution is 2.19. The van der Waals surface area contributed by atoms with Gasteiger partial charge in [0.05, 0.1) is 6.04 Å². The molecule has 0 amide bonds. The van der Waals surface area contributed by atoms with Crippen LogP contribution in [0.4, 0.5) is 0 Å². The molecule has 0 aliphatic rings. The first-order chi connectivity index (χ1) is 8.27. The first-order valence-electron chi connectivity index (χ1n) is 6.64. The van der Waals surface area contributed by atoms with Crippen LogP contribution in [-0.4, -0.2) is 6.04 Å². The molecule has 0 saturated heterocycles. The predicted octanol–water partition coefficient (Wildman–Crippen LogP) is 4.99. The van der Waals surface area contributed by atoms with E-state index in [1.807, 2.05) is 0 Å². The summed E-state index contributed by atoms with van der Waals surface area (Å²) in [5.74, 6) is 0.412. The van der Waals surface area contributed by atoms with Gasteiger partial charge in [0.15, 0.2) is 0 Å². The van der Waals surface area contributed by atoms with E-state index in [-0.39, 0.29) is 6.04 Å². The number of rotatable bonds is 8. The van der Waals surface area contributed by atoms with Crippen LogP contribution in [-0.2, 0) is 0 Å². The van der Waals surface area contributed by atoms with Gasteiger partial charge in [-0.05, 0) is 46.5 Å². The van der Waals surface area contributed by atoms with Crippen LogP contribution in [0.3, 0.4) is 0 Å². The van der Waals surface area contributed by atoms with Crippen molar-refractivity contribution in [2.45, 2.75) is 53.5 Å². The summed E-state index contributed by atoms with van der Waals surface area (Å²) in [7, 11) is 0. The summed E-state index contributed by atoms with van der Waals surface area (Å²) in [4.78, 5) is 0. The summed E-state index contributed by atoms with van der Waals surface area (Å²) < 4.78 is 0. The van der Waals surface area contributed by atoms with E-state index in [0.717, 1.165) is 24.1 Å². The zero-order valence-corrected chi connectivity index (χ0v) is 12.8. The monoisotopic (exact) mass is 247 g/mol. The van der Waals surface area contributed by atoms with Crippen LogP contribution in [0.15, 0.2) is 48.2 Å². The quantitative estimate of drug-likeness (QED) is 0.596. The average Bonchev–Trinajstić information content (AvgIpc) is 2.26. The minimum absolute atomic E-state index is 0.279. The van der Waals surface area contributed by atoms with Crippen molar-refractivity contribution in [3.8, 4) is 0 Å². The molecule has 0 saturated carbocycles. The van der Waals surface area contributed by atoms with Gasteiger partial charge in [-0.3, -0.25) is 0 Å². The second-order valence-corrected chi connectivity index (χ2v) is 5.47. The molecule has 0 aromatic rings. The molecule has 0 rings (SSSR count). The van der Waals surface area contributed by atoms with E-state index in [1.165, 1.54) is 11.1 Å². The SMILES string of the molecule is C=C(C)CC(C)C(=C)NC(C/C(C)=C/C)C(=C)C. The van der Waals surface area contributed by atoms with E-state index in [4.69, 9.17) is 0 Å². The largest absolute Gasteiger partial charge is 0.382 e. The number of hydrogen-bond acceptors (Lipinski definition) is 1. The normalized spacial score (nSPS) is 14.8. The summed E-state index contributed by atoms with van der Waals surface area (Å²) >= 11 is 0. The molecule has 0 aromatic heterocycles. The number of hydrogen-bond donors (Lipinski definition) is 1. The predicted molar refractivity (Wildman–Crippen MR) is 83.5 cm³/mol. The summed E-state index contributed by atoms with van der Waals surface area (Å²) in [6.07, 6.45) is 4.12. The molecule has 0 aliphatic carbocycles. The molecule has 102 valence electrons. The zero-order valence-electron chi connectivity index (χ0n) is 12.8. The molecule has 0 heterocycles. The Morgan fingerprint density at radius 3 is 2.06 bits per heavy atom. The van der Waals surface area contributed by atoms with Crippen LogP contribution in [0.2, 0.25) is 0 Å². The molecule has 2 atom stereocenters. The molecule has 1 heteroatoms. The van der Waals surface area contributed by atoms with Crippen molar-refractivity contribution >= 4 is 0 Å². The van der Waals surface area contributed by atoms with Gasteiger partial charge < -0.3 is 5.32 Å². The van der Waals surface area contributed by atoms with Crippen molar-refractivity contribution < 1.29 is 0 Å². The van der Waals surface area contributed by atoms with Gasteiger partial charge in [0.1, 0.15) is 0 Å². The van der Waals surface area contributed by atoms with Crippen molar-refractivity contribution in [2.24, 2.45) is 5.92 Å². The molecule has 0 fully saturated rings. The Morgan fingerprint density at radius 2 is 1.67 bits per heavy atom. The molecular weight excluding hydrogens is 218 g/mol. The van der Waals surface area contributed by atoms with Crippen molar-refractivity contribution in [1.82, 2.24) is 5.32 Å². The molecular formula is C17H29N. The molecule has 0 aliphatic heterocycles. The van der Waals surface area contributed by atoms with Gasteiger partial charge in [-0.25, -0.2) is 0 Å². The van der Waals surface area contributed by atoms with Gasteiger partial charge in [0.2, 0.25) is 0 Å². The van der Waals surface area contributed by atoms with E-state index >= 15 is 0 Å². The summed E-state index contributed by atoms with van der Waals surface area (Å²) in [5, 5.41) is 3.51. The van der Waals surface area contributed by atoms with Crippen molar-refractivity contribution in [1.29, 1.82) is 0 Å². The smallest absolute Gasteiger partial charge is 0.0502 e. The van der Waals surface area contributed by atoms with E-state index in [0.29, 0.717) is 5.92 Å². The maximum Gasteiger partial charge on any atom is 0.0502 e. The minimum Gasteiger partial charge on any atom is -0.382 e. The van der Waals surface area contributed by atoms with Gasteiger partial charge in [-0.1, -0.05) is 42.9 Å². The Balaban J connectivity index is 4.54. The van der Waals surface area contributed by atoms with Crippen LogP contribution >= 0.6 is 0 Å². The summed E-state index contributed by atoms with van der Waals surface area (Å²) in [6.45, 7) is 22.7. The van der Waals surface area contributed by atoms with Crippen LogP contribution in [0.5, 0.6) is 0 Å². The lowest BCUT2D eigenvalue weighted by Crippen LogP contribution is -2.31. The van der Waals surface area contributed by atoms with Gasteiger partial charge >= 0.3 is 0 Å². The lowest BCUT2D eigenvalue weighted by Gasteiger charge is -2.25. The number of allylic oxidation sites excluding steroid dienone is 3. The van der Waals surface area contributed by atoms with Crippen LogP contribution in [0, 0.1) is 5.92 Å². The third kappa shape index (κ3) is 6.48. The molecule has 0 radical (unpaired) electrons. The highest BCUT2D eigenvalue weighted by atomic mass is 14.9. The van der Waals surface area contributed by atoms with Gasteiger partial charge in [0, 0.05) is 5.70 Å². The van der Waals surface area contributed by atoms with Crippen molar-refractivity contribution in [3.63, 3.8) is 0 Å². The molecule has 1 N–H and O–H groups in total. The molecule has 0 bridgehead atoms. The maximum atomic E-state index is 4.15. The van der Waals surface area contributed by atoms with E-state index in [2.05, 4.69) is 65.7 Å². The second kappa shape index (κ2) is 7.97. The van der Waals surface area contributed by atoms with Gasteiger partial charge in [-0.2, -0.15) is 0 Å². The third-order valence-electron chi connectivity index (χ3n) is 3.22. The van der Waals surface area contributed by atoms with Crippen LogP contribution < -0.4 is 5.32 Å². The molecule has 18 heavy (non-hydrogen) atoms. The van der Waals surface area contributed by atoms with Gasteiger partial charge in [-0.15, -0.1) is 6.58 Å². The van der Waals surface area contributed by atoms with Crippen LogP contribution in [0.25, 0.3) is 0 Å². The summed E-state index contributed by atoms with van der Waals surface area (Å²) in [5.41, 5.74) is 4.80. The highest BCUT2D eigenvalue weighted by Gasteiger charge is 2.14. The Morgan fingerprint density at radius 1 is 1.11 bits per heavy atom. The lowest BCUT2D eigenvalue weighted by molar-refractivity contribution is 0.546. The lowest BCUT2D eigenvalue weighted by atomic mass is 9.97. The fourth-order valence-corrected chi connectivity index (χ4v) is 1.80. The summed E-state index contributed by atoms with van der Waals surface area (Å²) in [6, 6.07) is 0.279. The van der Waals surface area contributed by atoms with Gasteiger partial charge in [0.25, 0.3) is 0 Å². The standard InChI is InChI=1S/C17H29N/c1-9-14(6)11-17(13(4)5)18-16(8)15(7)10-12(2)3/h9,15,17-18H,2,4,8,10-11H2,1,3,5-7H3/b14-9+. The number of nitrogens with one attached hydrogen (secondary N) is 1. The fourth-order valence-electron chi connectivity index (χ4n) is 1.80. The Labute approximate surface area is 113 Å². The van der Waals surface area contributed by atoms with E-state index in [9.17, 15) is 0 Å². The molecule has 2 unspecified atom stereocenters. The first-order valence-corrected chi connectivity index (χ1v) is 6.64. The van der Waals surface area contributed by atoms with E-state index in [1.54, 1.807) is 0 Å². The first kappa shape index (κ1) is 16.8. The fraction of sp³-hybridized carbons (Fsp3) is 0.529. The molecule has 0 spiro atoms. The maximum absolute atomic E-state index is 4.15. The minimum atomic E-state index is 0.279. The second-order valence-electron chi connectivity index (χ2n) is 5.47.